The number of nitrogens with one attached hydrogen (secondary N) is 1. The van der Waals surface area contributed by atoms with Crippen LogP contribution in [-0.4, -0.2) is 31.3 Å². The highest BCUT2D eigenvalue weighted by atomic mass is 16.5. The molecule has 2 aliphatic heterocycles. The van der Waals surface area contributed by atoms with Crippen LogP contribution in [0.15, 0.2) is 42.5 Å². The Bertz CT molecular complexity index is 1060. The molecule has 2 aliphatic rings. The molecular formula is C28H36N2O3. The van der Waals surface area contributed by atoms with E-state index in [2.05, 4.69) is 68.3 Å². The normalized spacial score (nSPS) is 21.0. The third-order valence-electron chi connectivity index (χ3n) is 6.93. The molecule has 0 aliphatic carbocycles. The van der Waals surface area contributed by atoms with E-state index in [4.69, 9.17) is 9.47 Å². The van der Waals surface area contributed by atoms with Crippen LogP contribution >= 0.6 is 0 Å². The van der Waals surface area contributed by atoms with Crippen molar-refractivity contribution >= 4 is 17.7 Å². The van der Waals surface area contributed by atoms with Crippen LogP contribution < -0.4 is 19.7 Å². The Morgan fingerprint density at radius 2 is 1.91 bits per heavy atom. The summed E-state index contributed by atoms with van der Waals surface area (Å²) in [5.41, 5.74) is 3.78. The van der Waals surface area contributed by atoms with E-state index in [1.165, 1.54) is 16.8 Å². The number of hydrogen-bond acceptors (Lipinski definition) is 4. The molecule has 0 aromatic heterocycles. The average Bonchev–Trinajstić information content (AvgIpc) is 2.97. The molecule has 1 saturated heterocycles. The molecule has 5 nitrogen and oxygen atoms in total. The summed E-state index contributed by atoms with van der Waals surface area (Å²) >= 11 is 0. The van der Waals surface area contributed by atoms with Crippen molar-refractivity contribution in [2.45, 2.75) is 65.0 Å². The Labute approximate surface area is 197 Å². The molecule has 0 radical (unpaired) electrons. The van der Waals surface area contributed by atoms with Crippen LogP contribution in [-0.2, 0) is 10.2 Å². The molecule has 1 fully saturated rings. The van der Waals surface area contributed by atoms with Crippen LogP contribution in [0.25, 0.3) is 6.08 Å². The van der Waals surface area contributed by atoms with Gasteiger partial charge in [-0.2, -0.15) is 0 Å². The van der Waals surface area contributed by atoms with Gasteiger partial charge < -0.3 is 19.7 Å². The van der Waals surface area contributed by atoms with Crippen molar-refractivity contribution in [3.63, 3.8) is 0 Å². The number of nitrogens with zero attached hydrogens (tertiary/aromatic N) is 1. The smallest absolute Gasteiger partial charge is 0.223 e. The molecule has 33 heavy (non-hydrogen) atoms. The third kappa shape index (κ3) is 4.09. The first kappa shape index (κ1) is 23.2. The summed E-state index contributed by atoms with van der Waals surface area (Å²) in [6, 6.07) is 12.6. The molecule has 1 amide bonds. The van der Waals surface area contributed by atoms with Gasteiger partial charge >= 0.3 is 0 Å². The van der Waals surface area contributed by atoms with E-state index < -0.39 is 5.66 Å². The lowest BCUT2D eigenvalue weighted by atomic mass is 9.74. The highest BCUT2D eigenvalue weighted by molar-refractivity contribution is 5.84. The second kappa shape index (κ2) is 9.12. The van der Waals surface area contributed by atoms with Crippen LogP contribution in [0.1, 0.15) is 63.6 Å². The predicted molar refractivity (Wildman–Crippen MR) is 134 cm³/mol. The summed E-state index contributed by atoms with van der Waals surface area (Å²) in [5.74, 6) is 1.61. The van der Waals surface area contributed by atoms with E-state index in [0.29, 0.717) is 26.2 Å². The van der Waals surface area contributed by atoms with Crippen molar-refractivity contribution in [3.8, 4) is 11.5 Å². The van der Waals surface area contributed by atoms with Crippen LogP contribution in [0.4, 0.5) is 5.69 Å². The van der Waals surface area contributed by atoms with E-state index in [0.717, 1.165) is 29.9 Å². The monoisotopic (exact) mass is 448 g/mol. The number of hydrogen-bond donors (Lipinski definition) is 1. The largest absolute Gasteiger partial charge is 0.490 e. The summed E-state index contributed by atoms with van der Waals surface area (Å²) in [7, 11) is 0. The molecule has 2 heterocycles. The Morgan fingerprint density at radius 1 is 1.09 bits per heavy atom. The van der Waals surface area contributed by atoms with E-state index in [1.807, 2.05) is 25.1 Å². The van der Waals surface area contributed by atoms with Crippen molar-refractivity contribution in [1.29, 1.82) is 0 Å². The van der Waals surface area contributed by atoms with Gasteiger partial charge in [0.2, 0.25) is 5.91 Å². The minimum Gasteiger partial charge on any atom is -0.490 e. The average molecular weight is 449 g/mol. The quantitative estimate of drug-likeness (QED) is 0.534. The van der Waals surface area contributed by atoms with Gasteiger partial charge in [0.25, 0.3) is 0 Å². The fourth-order valence-electron chi connectivity index (χ4n) is 5.03. The Hall–Kier alpha value is -2.95. The van der Waals surface area contributed by atoms with Gasteiger partial charge in [0.1, 0.15) is 5.66 Å². The highest BCUT2D eigenvalue weighted by Gasteiger charge is 2.57. The van der Waals surface area contributed by atoms with Crippen LogP contribution in [0.2, 0.25) is 0 Å². The van der Waals surface area contributed by atoms with Crippen molar-refractivity contribution in [3.05, 3.63) is 59.2 Å². The van der Waals surface area contributed by atoms with Gasteiger partial charge in [0.15, 0.2) is 11.5 Å². The van der Waals surface area contributed by atoms with Crippen molar-refractivity contribution in [2.24, 2.45) is 0 Å². The molecular weight excluding hydrogens is 412 g/mol. The molecule has 5 heteroatoms. The number of anilines is 1. The van der Waals surface area contributed by atoms with Gasteiger partial charge in [-0.15, -0.1) is 0 Å². The molecule has 0 bridgehead atoms. The lowest BCUT2D eigenvalue weighted by molar-refractivity contribution is -0.124. The molecule has 1 N–H and O–H groups in total. The fourth-order valence-corrected chi connectivity index (χ4v) is 5.03. The van der Waals surface area contributed by atoms with Gasteiger partial charge in [-0.05, 0) is 55.7 Å². The number of amides is 1. The minimum absolute atomic E-state index is 0.0863. The highest BCUT2D eigenvalue weighted by Crippen LogP contribution is 2.52. The van der Waals surface area contributed by atoms with Crippen LogP contribution in [0.5, 0.6) is 11.5 Å². The summed E-state index contributed by atoms with van der Waals surface area (Å²) in [6.45, 7) is 12.6. The molecule has 1 unspecified atom stereocenters. The predicted octanol–water partition coefficient (Wildman–Crippen LogP) is 5.60. The number of carbonyl (C=O) groups is 1. The van der Waals surface area contributed by atoms with Gasteiger partial charge in [-0.1, -0.05) is 57.0 Å². The van der Waals surface area contributed by atoms with Gasteiger partial charge in [-0.3, -0.25) is 4.79 Å². The fraction of sp³-hybridized carbons (Fsp3) is 0.464. The number of carbonyl (C=O) groups excluding carboxylic acids is 1. The van der Waals surface area contributed by atoms with E-state index >= 15 is 0 Å². The molecule has 0 spiro atoms. The van der Waals surface area contributed by atoms with Crippen LogP contribution in [0.3, 0.4) is 0 Å². The minimum atomic E-state index is -0.624. The third-order valence-corrected chi connectivity index (χ3v) is 6.93. The number of fused-ring (bicyclic) bond motifs is 3. The second-order valence-corrected chi connectivity index (χ2v) is 9.54. The number of rotatable bonds is 8. The standard InChI is InChI=1S/C28H36N2O3/c1-6-8-17-33-24-12-10-21(19-25(24)32-7-2)13-15-28-27(4,5)22-18-20(3)9-11-23(22)30(28)16-14-26(31)29-28/h9-13,15,18-19H,6-8,14,16-17H2,1-5H3,(H,29,31)/b15-13+. The van der Waals surface area contributed by atoms with E-state index in [9.17, 15) is 4.79 Å². The maximum atomic E-state index is 12.6. The van der Waals surface area contributed by atoms with Crippen LogP contribution in [0, 0.1) is 6.92 Å². The number of unbranched alkanes of at least 4 members (excludes halogenated alkanes) is 1. The molecule has 1 atom stereocenters. The first-order valence-corrected chi connectivity index (χ1v) is 12.1. The van der Waals surface area contributed by atoms with Crippen molar-refractivity contribution < 1.29 is 14.3 Å². The summed E-state index contributed by atoms with van der Waals surface area (Å²) in [4.78, 5) is 15.0. The number of ether oxygens (including phenoxy) is 2. The molecule has 0 saturated carbocycles. The Kier molecular flexibility index (Phi) is 6.42. The lowest BCUT2D eigenvalue weighted by Crippen LogP contribution is -2.68. The number of aryl methyl sites for hydroxylation is 1. The lowest BCUT2D eigenvalue weighted by Gasteiger charge is -2.49. The molecule has 2 aromatic carbocycles. The zero-order valence-corrected chi connectivity index (χ0v) is 20.5. The first-order valence-electron chi connectivity index (χ1n) is 12.1. The Balaban J connectivity index is 1.71. The Morgan fingerprint density at radius 3 is 2.67 bits per heavy atom. The van der Waals surface area contributed by atoms with Gasteiger partial charge in [0.05, 0.1) is 13.2 Å². The molecule has 2 aromatic rings. The topological polar surface area (TPSA) is 50.8 Å². The van der Waals surface area contributed by atoms with E-state index in [-0.39, 0.29) is 11.3 Å². The number of benzene rings is 2. The first-order chi connectivity index (χ1) is 15.8. The maximum absolute atomic E-state index is 12.6. The molecule has 176 valence electrons. The van der Waals surface area contributed by atoms with Gasteiger partial charge in [0, 0.05) is 24.1 Å². The van der Waals surface area contributed by atoms with E-state index in [1.54, 1.807) is 0 Å². The summed E-state index contributed by atoms with van der Waals surface area (Å²) in [6.07, 6.45) is 6.85. The maximum Gasteiger partial charge on any atom is 0.223 e. The van der Waals surface area contributed by atoms with Gasteiger partial charge in [-0.25, -0.2) is 0 Å². The summed E-state index contributed by atoms with van der Waals surface area (Å²) < 4.78 is 11.8. The SMILES string of the molecule is CCCCOc1ccc(/C=C/C23NC(=O)CCN2c2ccc(C)cc2C3(C)C)cc1OCC. The summed E-state index contributed by atoms with van der Waals surface area (Å²) in [5, 5.41) is 3.35. The van der Waals surface area contributed by atoms with Crippen molar-refractivity contribution in [1.82, 2.24) is 5.32 Å². The van der Waals surface area contributed by atoms with Crippen molar-refractivity contribution in [2.75, 3.05) is 24.7 Å². The second-order valence-electron chi connectivity index (χ2n) is 9.54. The zero-order chi connectivity index (χ0) is 23.6. The zero-order valence-electron chi connectivity index (χ0n) is 20.5. The molecule has 4 rings (SSSR count).